The number of carbonyl (C=O) groups excluding carboxylic acids is 3. The van der Waals surface area contributed by atoms with Crippen LogP contribution in [-0.2, 0) is 14.3 Å². The fourth-order valence-corrected chi connectivity index (χ4v) is 3.65. The van der Waals surface area contributed by atoms with Crippen LogP contribution in [0.5, 0.6) is 5.75 Å². The number of urea groups is 1. The summed E-state index contributed by atoms with van der Waals surface area (Å²) in [5.74, 6) is -0.235. The lowest BCUT2D eigenvalue weighted by molar-refractivity contribution is -0.136. The van der Waals surface area contributed by atoms with Crippen LogP contribution in [0, 0.1) is 0 Å². The predicted molar refractivity (Wildman–Crippen MR) is 125 cm³/mol. The Hall–Kier alpha value is -3.81. The Labute approximate surface area is 193 Å². The van der Waals surface area contributed by atoms with Gasteiger partial charge in [0.2, 0.25) is 0 Å². The highest BCUT2D eigenvalue weighted by molar-refractivity contribution is 5.95. The molecule has 2 aromatic carbocycles. The van der Waals surface area contributed by atoms with E-state index in [1.165, 1.54) is 7.11 Å². The van der Waals surface area contributed by atoms with Gasteiger partial charge in [0.05, 0.1) is 18.7 Å². The fraction of sp³-hybridized carbons (Fsp3) is 0.320. The van der Waals surface area contributed by atoms with Crippen LogP contribution in [-0.4, -0.2) is 43.1 Å². The molecule has 8 heteroatoms. The van der Waals surface area contributed by atoms with Gasteiger partial charge in [0.1, 0.15) is 5.75 Å². The van der Waals surface area contributed by atoms with Crippen molar-refractivity contribution in [2.45, 2.75) is 32.7 Å². The van der Waals surface area contributed by atoms with Crippen LogP contribution in [0.1, 0.15) is 38.3 Å². The van der Waals surface area contributed by atoms with Crippen LogP contribution in [0.3, 0.4) is 0 Å². The Kier molecular flexibility index (Phi) is 8.07. The van der Waals surface area contributed by atoms with Gasteiger partial charge in [0.25, 0.3) is 5.91 Å². The van der Waals surface area contributed by atoms with E-state index in [4.69, 9.17) is 9.47 Å². The molecule has 174 valence electrons. The highest BCUT2D eigenvalue weighted by Gasteiger charge is 2.36. The van der Waals surface area contributed by atoms with Crippen LogP contribution in [0.15, 0.2) is 65.9 Å². The molecule has 0 aromatic heterocycles. The maximum absolute atomic E-state index is 12.8. The van der Waals surface area contributed by atoms with E-state index in [-0.39, 0.29) is 18.5 Å². The largest absolute Gasteiger partial charge is 0.484 e. The number of nitrogens with zero attached hydrogens (tertiary/aromatic N) is 1. The standard InChI is InChI=1S/C25H29N3O5/c1-4-5-14-28-17(2)22(24(30)32-3)23(27-25(28)31)18-10-9-11-19(15-18)26-21(29)16-33-20-12-7-6-8-13-20/h6-13,15,23H,4-5,14,16H2,1-3H3,(H,26,29)(H,27,31). The lowest BCUT2D eigenvalue weighted by Crippen LogP contribution is -2.48. The number of hydrogen-bond donors (Lipinski definition) is 2. The van der Waals surface area contributed by atoms with Gasteiger partial charge in [0, 0.05) is 17.9 Å². The summed E-state index contributed by atoms with van der Waals surface area (Å²) in [6, 6.07) is 15.1. The van der Waals surface area contributed by atoms with E-state index < -0.39 is 12.0 Å². The molecule has 2 aromatic rings. The van der Waals surface area contributed by atoms with Crippen molar-refractivity contribution in [1.29, 1.82) is 0 Å². The molecule has 33 heavy (non-hydrogen) atoms. The van der Waals surface area contributed by atoms with E-state index in [2.05, 4.69) is 10.6 Å². The average Bonchev–Trinajstić information content (AvgIpc) is 2.82. The number of hydrogen-bond acceptors (Lipinski definition) is 5. The number of rotatable bonds is 9. The number of benzene rings is 2. The summed E-state index contributed by atoms with van der Waals surface area (Å²) in [7, 11) is 1.32. The second-order valence-electron chi connectivity index (χ2n) is 7.65. The minimum Gasteiger partial charge on any atom is -0.484 e. The zero-order valence-corrected chi connectivity index (χ0v) is 19.1. The van der Waals surface area contributed by atoms with E-state index in [1.54, 1.807) is 48.2 Å². The molecular formula is C25H29N3O5. The molecule has 1 heterocycles. The van der Waals surface area contributed by atoms with E-state index in [0.717, 1.165) is 12.8 Å². The topological polar surface area (TPSA) is 97.0 Å². The van der Waals surface area contributed by atoms with E-state index in [1.807, 2.05) is 25.1 Å². The number of esters is 1. The lowest BCUT2D eigenvalue weighted by atomic mass is 9.94. The van der Waals surface area contributed by atoms with Crippen LogP contribution in [0.2, 0.25) is 0 Å². The zero-order valence-electron chi connectivity index (χ0n) is 19.1. The third kappa shape index (κ3) is 5.91. The van der Waals surface area contributed by atoms with Crippen molar-refractivity contribution < 1.29 is 23.9 Å². The zero-order chi connectivity index (χ0) is 23.8. The number of carbonyl (C=O) groups is 3. The third-order valence-corrected chi connectivity index (χ3v) is 5.35. The summed E-state index contributed by atoms with van der Waals surface area (Å²) in [6.45, 7) is 4.15. The Morgan fingerprint density at radius 2 is 1.88 bits per heavy atom. The first-order valence-corrected chi connectivity index (χ1v) is 10.9. The normalized spacial score (nSPS) is 15.7. The first-order valence-electron chi connectivity index (χ1n) is 10.9. The number of anilines is 1. The number of unbranched alkanes of at least 4 members (excludes halogenated alkanes) is 1. The molecule has 1 atom stereocenters. The molecule has 3 rings (SSSR count). The average molecular weight is 452 g/mol. The Morgan fingerprint density at radius 1 is 1.12 bits per heavy atom. The van der Waals surface area contributed by atoms with Gasteiger partial charge >= 0.3 is 12.0 Å². The van der Waals surface area contributed by atoms with Gasteiger partial charge in [-0.25, -0.2) is 9.59 Å². The fourth-order valence-electron chi connectivity index (χ4n) is 3.65. The van der Waals surface area contributed by atoms with Crippen LogP contribution in [0.4, 0.5) is 10.5 Å². The quantitative estimate of drug-likeness (QED) is 0.562. The van der Waals surface area contributed by atoms with E-state index in [9.17, 15) is 14.4 Å². The van der Waals surface area contributed by atoms with Crippen LogP contribution in [0.25, 0.3) is 0 Å². The Bertz CT molecular complexity index is 1040. The molecule has 0 saturated carbocycles. The van der Waals surface area contributed by atoms with Gasteiger partial charge in [0.15, 0.2) is 6.61 Å². The first kappa shape index (κ1) is 23.8. The summed E-state index contributed by atoms with van der Waals surface area (Å²) in [5, 5.41) is 5.69. The van der Waals surface area contributed by atoms with Gasteiger partial charge in [-0.2, -0.15) is 0 Å². The molecule has 0 saturated heterocycles. The maximum Gasteiger partial charge on any atom is 0.337 e. The molecular weight excluding hydrogens is 422 g/mol. The molecule has 1 aliphatic rings. The molecule has 3 amide bonds. The number of para-hydroxylation sites is 1. The van der Waals surface area contributed by atoms with Crippen LogP contribution >= 0.6 is 0 Å². The first-order chi connectivity index (χ1) is 15.9. The SMILES string of the molecule is CCCCN1C(=O)NC(c2cccc(NC(=O)COc3ccccc3)c2)C(C(=O)OC)=C1C. The van der Waals surface area contributed by atoms with Crippen molar-refractivity contribution >= 4 is 23.6 Å². The summed E-state index contributed by atoms with van der Waals surface area (Å²) < 4.78 is 10.5. The van der Waals surface area contributed by atoms with Gasteiger partial charge in [-0.05, 0) is 43.2 Å². The maximum atomic E-state index is 12.8. The summed E-state index contributed by atoms with van der Waals surface area (Å²) in [4.78, 5) is 39.3. The number of methoxy groups -OCH3 is 1. The Morgan fingerprint density at radius 3 is 2.58 bits per heavy atom. The highest BCUT2D eigenvalue weighted by atomic mass is 16.5. The second-order valence-corrected chi connectivity index (χ2v) is 7.65. The summed E-state index contributed by atoms with van der Waals surface area (Å²) in [5.41, 5.74) is 2.11. The van der Waals surface area contributed by atoms with Crippen molar-refractivity contribution in [3.8, 4) is 5.75 Å². The lowest BCUT2D eigenvalue weighted by Gasteiger charge is -2.35. The van der Waals surface area contributed by atoms with E-state index >= 15 is 0 Å². The highest BCUT2D eigenvalue weighted by Crippen LogP contribution is 2.32. The van der Waals surface area contributed by atoms with Gasteiger partial charge in [-0.3, -0.25) is 9.69 Å². The summed E-state index contributed by atoms with van der Waals surface area (Å²) >= 11 is 0. The van der Waals surface area contributed by atoms with Gasteiger partial charge in [-0.1, -0.05) is 43.7 Å². The summed E-state index contributed by atoms with van der Waals surface area (Å²) in [6.07, 6.45) is 1.74. The van der Waals surface area contributed by atoms with Crippen molar-refractivity contribution in [1.82, 2.24) is 10.2 Å². The minimum absolute atomic E-state index is 0.146. The molecule has 2 N–H and O–H groups in total. The molecule has 0 bridgehead atoms. The molecule has 1 aliphatic heterocycles. The second kappa shape index (κ2) is 11.2. The minimum atomic E-state index is -0.694. The van der Waals surface area contributed by atoms with Gasteiger partial charge in [-0.15, -0.1) is 0 Å². The molecule has 0 fully saturated rings. The smallest absolute Gasteiger partial charge is 0.337 e. The van der Waals surface area contributed by atoms with Crippen molar-refractivity contribution in [2.75, 3.05) is 25.6 Å². The van der Waals surface area contributed by atoms with Crippen molar-refractivity contribution in [3.05, 3.63) is 71.4 Å². The number of amides is 3. The Balaban J connectivity index is 1.79. The van der Waals surface area contributed by atoms with E-state index in [0.29, 0.717) is 34.8 Å². The van der Waals surface area contributed by atoms with Crippen LogP contribution < -0.4 is 15.4 Å². The number of ether oxygens (including phenoxy) is 2. The number of nitrogens with one attached hydrogen (secondary N) is 2. The molecule has 1 unspecified atom stereocenters. The predicted octanol–water partition coefficient (Wildman–Crippen LogP) is 4.02. The monoisotopic (exact) mass is 451 g/mol. The van der Waals surface area contributed by atoms with Crippen molar-refractivity contribution in [2.24, 2.45) is 0 Å². The van der Waals surface area contributed by atoms with Crippen molar-refractivity contribution in [3.63, 3.8) is 0 Å². The molecule has 0 radical (unpaired) electrons. The number of allylic oxidation sites excluding steroid dienone is 1. The third-order valence-electron chi connectivity index (χ3n) is 5.35. The molecule has 0 spiro atoms. The van der Waals surface area contributed by atoms with Gasteiger partial charge < -0.3 is 20.1 Å². The molecule has 8 nitrogen and oxygen atoms in total. The molecule has 0 aliphatic carbocycles.